The van der Waals surface area contributed by atoms with Crippen LogP contribution >= 0.6 is 11.3 Å². The van der Waals surface area contributed by atoms with Gasteiger partial charge >= 0.3 is 0 Å². The van der Waals surface area contributed by atoms with Crippen LogP contribution in [-0.2, 0) is 20.1 Å². The fourth-order valence-electron chi connectivity index (χ4n) is 3.41. The molecular weight excluding hydrogens is 615 g/mol. The molecule has 1 radical (unpaired) electrons. The van der Waals surface area contributed by atoms with Crippen LogP contribution in [0.15, 0.2) is 85.1 Å². The van der Waals surface area contributed by atoms with E-state index in [1.807, 2.05) is 18.2 Å². The third-order valence-corrected chi connectivity index (χ3v) is 6.08. The largest absolute Gasteiger partial charge is 0.320 e. The van der Waals surface area contributed by atoms with Crippen molar-refractivity contribution in [3.63, 3.8) is 0 Å². The molecule has 0 amide bonds. The van der Waals surface area contributed by atoms with Gasteiger partial charge in [-0.3, -0.25) is 0 Å². The number of rotatable bonds is 2. The minimum absolute atomic E-state index is 0. The van der Waals surface area contributed by atoms with Gasteiger partial charge in [0.15, 0.2) is 0 Å². The van der Waals surface area contributed by atoms with Crippen molar-refractivity contribution in [1.82, 2.24) is 15.0 Å². The topological polar surface area (TPSA) is 38.7 Å². The summed E-state index contributed by atoms with van der Waals surface area (Å²) in [6, 6.07) is 12.0. The summed E-state index contributed by atoms with van der Waals surface area (Å²) >= 11 is 1.25. The van der Waals surface area contributed by atoms with Crippen LogP contribution in [0.5, 0.6) is 0 Å². The molecule has 0 fully saturated rings. The predicted molar refractivity (Wildman–Crippen MR) is 139 cm³/mol. The molecule has 1 aliphatic carbocycles. The second kappa shape index (κ2) is 10.9. The number of allylic oxidation sites excluding steroid dienone is 4. The third-order valence-electron chi connectivity index (χ3n) is 4.95. The first-order valence-electron chi connectivity index (χ1n) is 15.1. The molecule has 0 unspecified atom stereocenters. The maximum atomic E-state index is 8.14. The third kappa shape index (κ3) is 5.18. The second-order valence-electron chi connectivity index (χ2n) is 7.12. The first-order chi connectivity index (χ1) is 20.3. The molecule has 3 nitrogen and oxygen atoms in total. The minimum atomic E-state index is -2.31. The van der Waals surface area contributed by atoms with Gasteiger partial charge in [-0.2, -0.15) is 29.4 Å². The predicted octanol–water partition coefficient (Wildman–Crippen LogP) is 7.56. The first kappa shape index (κ1) is 14.3. The number of pyridine rings is 3. The summed E-state index contributed by atoms with van der Waals surface area (Å²) in [4.78, 5) is 13.0. The van der Waals surface area contributed by atoms with E-state index in [0.29, 0.717) is 15.1 Å². The molecule has 0 spiro atoms. The van der Waals surface area contributed by atoms with E-state index in [1.54, 1.807) is 24.3 Å². The van der Waals surface area contributed by atoms with E-state index in [9.17, 15) is 0 Å². The maximum Gasteiger partial charge on any atom is 0.113 e. The molecule has 5 aromatic rings. The molecule has 0 N–H and O–H groups in total. The van der Waals surface area contributed by atoms with Gasteiger partial charge in [-0.25, -0.2) is 4.98 Å². The van der Waals surface area contributed by atoms with Gasteiger partial charge in [-0.1, -0.05) is 42.1 Å². The van der Waals surface area contributed by atoms with E-state index in [2.05, 4.69) is 33.5 Å². The van der Waals surface area contributed by atoms with Crippen molar-refractivity contribution in [3.05, 3.63) is 115 Å². The van der Waals surface area contributed by atoms with Crippen molar-refractivity contribution in [1.29, 1.82) is 0 Å². The van der Waals surface area contributed by atoms with Gasteiger partial charge < -0.3 is 9.97 Å². The number of aryl methyl sites for hydroxylation is 2. The van der Waals surface area contributed by atoms with E-state index in [4.69, 9.17) is 13.7 Å². The first-order valence-corrected chi connectivity index (χ1v) is 10.9. The fourth-order valence-corrected chi connectivity index (χ4v) is 4.59. The van der Waals surface area contributed by atoms with E-state index in [1.165, 1.54) is 23.6 Å². The SMILES string of the molecule is [2H]C([2H])([2H])c1ccc(C2=CC=CC[CH-]2)nc1.[2H]c1nc(-c2[c-]ccc3c2sc2nc(C([2H])([2H])[2H])ccc23)c([2H])c([2H])c1[2H].[Ir]. The Morgan fingerprint density at radius 1 is 1.06 bits per heavy atom. The zero-order chi connectivity index (χ0) is 31.1. The molecule has 0 saturated carbocycles. The standard InChI is InChI=1S/C17H11N2S.C12H12N.Ir/c1-11-8-9-13-12-5-4-6-14(15-7-2-3-10-18-15)16(12)20-17(13)19-11;1-10-7-8-12(13-9-10)11-5-3-2-4-6-11;/h2-5,7-10H,1H3;2-3,5-9H,4H2,1H3;/q2*-1;/i1D3,2D,3D,7D,10D;1D3;. The Hall–Kier alpha value is -3.11. The molecule has 0 saturated heterocycles. The van der Waals surface area contributed by atoms with Crippen molar-refractivity contribution < 1.29 is 33.8 Å². The summed E-state index contributed by atoms with van der Waals surface area (Å²) in [6.07, 6.45) is 10.0. The normalized spacial score (nSPS) is 17.4. The van der Waals surface area contributed by atoms with Crippen LogP contribution in [-0.4, -0.2) is 15.0 Å². The van der Waals surface area contributed by atoms with Crippen LogP contribution in [0.1, 0.15) is 37.1 Å². The van der Waals surface area contributed by atoms with Crippen LogP contribution in [0.3, 0.4) is 0 Å². The number of benzene rings is 1. The second-order valence-corrected chi connectivity index (χ2v) is 8.12. The molecule has 0 bridgehead atoms. The van der Waals surface area contributed by atoms with Crippen molar-refractivity contribution in [3.8, 4) is 11.3 Å². The van der Waals surface area contributed by atoms with Gasteiger partial charge in [-0.05, 0) is 52.9 Å². The zero-order valence-electron chi connectivity index (χ0n) is 27.6. The minimum Gasteiger partial charge on any atom is -0.320 e. The average molecular weight is 648 g/mol. The smallest absolute Gasteiger partial charge is 0.113 e. The van der Waals surface area contributed by atoms with E-state index >= 15 is 0 Å². The van der Waals surface area contributed by atoms with Crippen LogP contribution < -0.4 is 0 Å². The van der Waals surface area contributed by atoms with Crippen molar-refractivity contribution in [2.45, 2.75) is 20.1 Å². The Balaban J connectivity index is 0.000000223. The summed E-state index contributed by atoms with van der Waals surface area (Å²) in [5.41, 5.74) is 2.69. The number of aromatic nitrogens is 3. The van der Waals surface area contributed by atoms with Gasteiger partial charge in [0.25, 0.3) is 0 Å². The van der Waals surface area contributed by atoms with E-state index < -0.39 is 19.7 Å². The molecule has 0 atom stereocenters. The van der Waals surface area contributed by atoms with E-state index in [0.717, 1.165) is 28.5 Å². The van der Waals surface area contributed by atoms with Crippen molar-refractivity contribution in [2.75, 3.05) is 0 Å². The molecule has 171 valence electrons. The quantitative estimate of drug-likeness (QED) is 0.186. The Morgan fingerprint density at radius 3 is 2.82 bits per heavy atom. The van der Waals surface area contributed by atoms with Crippen LogP contribution in [0, 0.1) is 26.2 Å². The average Bonchev–Trinajstić information content (AvgIpc) is 3.36. The molecule has 34 heavy (non-hydrogen) atoms. The van der Waals surface area contributed by atoms with Gasteiger partial charge in [-0.15, -0.1) is 35.9 Å². The summed E-state index contributed by atoms with van der Waals surface area (Å²) in [5.74, 6) is 0. The molecule has 6 rings (SSSR count). The van der Waals surface area contributed by atoms with Gasteiger partial charge in [0.05, 0.1) is 5.48 Å². The maximum absolute atomic E-state index is 8.14. The molecule has 4 aromatic heterocycles. The zero-order valence-corrected chi connectivity index (χ0v) is 20.9. The summed E-state index contributed by atoms with van der Waals surface area (Å²) in [6.45, 7) is -4.38. The monoisotopic (exact) mass is 648 g/mol. The van der Waals surface area contributed by atoms with E-state index in [-0.39, 0.29) is 55.3 Å². The summed E-state index contributed by atoms with van der Waals surface area (Å²) < 4.78 is 76.5. The van der Waals surface area contributed by atoms with Gasteiger partial charge in [0.2, 0.25) is 0 Å². The molecule has 1 aliphatic rings. The summed E-state index contributed by atoms with van der Waals surface area (Å²) in [7, 11) is 0. The molecule has 5 heteroatoms. The van der Waals surface area contributed by atoms with Gasteiger partial charge in [0, 0.05) is 46.4 Å². The number of thiophene rings is 1. The van der Waals surface area contributed by atoms with Crippen LogP contribution in [0.25, 0.3) is 37.1 Å². The number of nitrogens with zero attached hydrogens (tertiary/aromatic N) is 3. The number of hydrogen-bond donors (Lipinski definition) is 0. The van der Waals surface area contributed by atoms with Crippen LogP contribution in [0.4, 0.5) is 0 Å². The van der Waals surface area contributed by atoms with Crippen molar-refractivity contribution >= 4 is 37.2 Å². The number of hydrogen-bond acceptors (Lipinski definition) is 4. The number of fused-ring (bicyclic) bond motifs is 3. The summed E-state index contributed by atoms with van der Waals surface area (Å²) in [5, 5.41) is 1.58. The Kier molecular flexibility index (Phi) is 4.58. The van der Waals surface area contributed by atoms with Gasteiger partial charge in [0.1, 0.15) is 4.83 Å². The molecular formula is C29H23IrN3S-2. The Labute approximate surface area is 231 Å². The molecule has 1 aromatic carbocycles. The Morgan fingerprint density at radius 2 is 2.03 bits per heavy atom. The van der Waals surface area contributed by atoms with Crippen molar-refractivity contribution in [2.24, 2.45) is 0 Å². The fraction of sp³-hybridized carbons (Fsp3) is 0.103. The van der Waals surface area contributed by atoms with Crippen LogP contribution in [0.2, 0.25) is 0 Å². The molecule has 4 heterocycles. The Bertz CT molecular complexity index is 1900. The molecule has 0 aliphatic heterocycles.